The van der Waals surface area contributed by atoms with E-state index in [4.69, 9.17) is 0 Å². The van der Waals surface area contributed by atoms with Gasteiger partial charge in [-0.2, -0.15) is 0 Å². The Hall–Kier alpha value is -1.66. The topological polar surface area (TPSA) is 68.7 Å². The van der Waals surface area contributed by atoms with Gasteiger partial charge in [0, 0.05) is 57.8 Å². The third kappa shape index (κ3) is 5.41. The summed E-state index contributed by atoms with van der Waals surface area (Å²) in [6.07, 6.45) is 8.79. The molecule has 0 spiro atoms. The maximum absolute atomic E-state index is 12.4. The first-order chi connectivity index (χ1) is 12.2. The van der Waals surface area contributed by atoms with Crippen molar-refractivity contribution < 1.29 is 9.90 Å². The smallest absolute Gasteiger partial charge is 0.317 e. The lowest BCUT2D eigenvalue weighted by atomic mass is 9.99. The summed E-state index contributed by atoms with van der Waals surface area (Å²) in [6.45, 7) is 4.82. The van der Waals surface area contributed by atoms with Crippen molar-refractivity contribution in [2.75, 3.05) is 39.3 Å². The quantitative estimate of drug-likeness (QED) is 0.848. The number of urea groups is 1. The molecule has 0 bridgehead atoms. The maximum Gasteiger partial charge on any atom is 0.317 e. The predicted molar refractivity (Wildman–Crippen MR) is 97.3 cm³/mol. The molecule has 2 amide bonds. The van der Waals surface area contributed by atoms with E-state index in [2.05, 4.69) is 27.3 Å². The number of aromatic nitrogens is 1. The molecule has 2 fully saturated rings. The van der Waals surface area contributed by atoms with Gasteiger partial charge in [-0.15, -0.1) is 0 Å². The second-order valence-corrected chi connectivity index (χ2v) is 7.31. The van der Waals surface area contributed by atoms with Gasteiger partial charge in [0.2, 0.25) is 0 Å². The van der Waals surface area contributed by atoms with Crippen LogP contribution in [0.4, 0.5) is 4.79 Å². The number of piperidine rings is 2. The number of aliphatic hydroxyl groups is 1. The number of carbonyl (C=O) groups excluding carboxylic acids is 1. The van der Waals surface area contributed by atoms with Gasteiger partial charge >= 0.3 is 6.03 Å². The minimum atomic E-state index is 0.0494. The molecule has 2 aliphatic heterocycles. The van der Waals surface area contributed by atoms with Crippen LogP contribution in [-0.4, -0.2) is 71.3 Å². The molecule has 2 saturated heterocycles. The van der Waals surface area contributed by atoms with Gasteiger partial charge in [0.25, 0.3) is 0 Å². The fraction of sp³-hybridized carbons (Fsp3) is 0.684. The molecule has 25 heavy (non-hydrogen) atoms. The van der Waals surface area contributed by atoms with Crippen LogP contribution in [0.25, 0.3) is 0 Å². The van der Waals surface area contributed by atoms with E-state index < -0.39 is 0 Å². The molecule has 3 rings (SSSR count). The standard InChI is InChI=1S/C19H30N4O2/c24-15-17-2-1-10-23(14-17)19(25)21-18-6-12-22(13-7-18)11-5-16-3-8-20-9-4-16/h3-4,8-9,17-18,24H,1-2,5-7,10-15H2,(H,21,25)/t17-/m1/s1. The summed E-state index contributed by atoms with van der Waals surface area (Å²) in [6, 6.07) is 4.48. The molecule has 1 aromatic rings. The monoisotopic (exact) mass is 346 g/mol. The summed E-state index contributed by atoms with van der Waals surface area (Å²) in [7, 11) is 0. The highest BCUT2D eigenvalue weighted by Gasteiger charge is 2.26. The second-order valence-electron chi connectivity index (χ2n) is 7.31. The van der Waals surface area contributed by atoms with Gasteiger partial charge in [-0.1, -0.05) is 0 Å². The Morgan fingerprint density at radius 2 is 1.96 bits per heavy atom. The van der Waals surface area contributed by atoms with Crippen LogP contribution in [0.1, 0.15) is 31.2 Å². The van der Waals surface area contributed by atoms with Crippen molar-refractivity contribution in [3.05, 3.63) is 30.1 Å². The third-order valence-corrected chi connectivity index (χ3v) is 5.45. The Labute approximate surface area is 150 Å². The molecule has 2 aliphatic rings. The molecule has 0 radical (unpaired) electrons. The van der Waals surface area contributed by atoms with Gasteiger partial charge in [0.1, 0.15) is 0 Å². The Bertz CT molecular complexity index is 531. The van der Waals surface area contributed by atoms with Crippen molar-refractivity contribution >= 4 is 6.03 Å². The van der Waals surface area contributed by atoms with Gasteiger partial charge < -0.3 is 20.2 Å². The number of likely N-dealkylation sites (tertiary alicyclic amines) is 2. The Morgan fingerprint density at radius 3 is 2.68 bits per heavy atom. The first kappa shape index (κ1) is 18.1. The second kappa shape index (κ2) is 9.15. The summed E-state index contributed by atoms with van der Waals surface area (Å²) >= 11 is 0. The van der Waals surface area contributed by atoms with Crippen LogP contribution in [0, 0.1) is 5.92 Å². The number of nitrogens with one attached hydrogen (secondary N) is 1. The van der Waals surface area contributed by atoms with Crippen molar-refractivity contribution in [1.29, 1.82) is 0 Å². The molecule has 0 saturated carbocycles. The van der Waals surface area contributed by atoms with Crippen LogP contribution in [0.2, 0.25) is 0 Å². The molecule has 0 aliphatic carbocycles. The molecular weight excluding hydrogens is 316 g/mol. The lowest BCUT2D eigenvalue weighted by molar-refractivity contribution is 0.124. The van der Waals surface area contributed by atoms with Gasteiger partial charge in [0.15, 0.2) is 0 Å². The van der Waals surface area contributed by atoms with E-state index in [0.717, 1.165) is 58.3 Å². The molecule has 0 aromatic carbocycles. The fourth-order valence-electron chi connectivity index (χ4n) is 3.80. The van der Waals surface area contributed by atoms with Gasteiger partial charge in [-0.05, 0) is 55.7 Å². The number of hydrogen-bond acceptors (Lipinski definition) is 4. The fourth-order valence-corrected chi connectivity index (χ4v) is 3.80. The summed E-state index contributed by atoms with van der Waals surface area (Å²) in [5, 5.41) is 12.5. The molecule has 1 atom stereocenters. The summed E-state index contributed by atoms with van der Waals surface area (Å²) < 4.78 is 0. The minimum absolute atomic E-state index is 0.0494. The molecule has 3 heterocycles. The number of rotatable bonds is 5. The summed E-state index contributed by atoms with van der Waals surface area (Å²) in [5.41, 5.74) is 1.33. The minimum Gasteiger partial charge on any atom is -0.396 e. The van der Waals surface area contributed by atoms with Crippen molar-refractivity contribution in [2.24, 2.45) is 5.92 Å². The van der Waals surface area contributed by atoms with Crippen molar-refractivity contribution in [3.8, 4) is 0 Å². The van der Waals surface area contributed by atoms with Gasteiger partial charge in [0.05, 0.1) is 0 Å². The zero-order valence-electron chi connectivity index (χ0n) is 14.9. The number of amides is 2. The lowest BCUT2D eigenvalue weighted by Crippen LogP contribution is -2.51. The molecule has 1 aromatic heterocycles. The highest BCUT2D eigenvalue weighted by molar-refractivity contribution is 5.74. The van der Waals surface area contributed by atoms with E-state index in [1.54, 1.807) is 0 Å². The number of carbonyl (C=O) groups is 1. The molecule has 138 valence electrons. The number of nitrogens with zero attached hydrogens (tertiary/aromatic N) is 3. The highest BCUT2D eigenvalue weighted by atomic mass is 16.3. The number of hydrogen-bond donors (Lipinski definition) is 2. The largest absolute Gasteiger partial charge is 0.396 e. The first-order valence-corrected chi connectivity index (χ1v) is 9.52. The molecule has 6 heteroatoms. The summed E-state index contributed by atoms with van der Waals surface area (Å²) in [5.74, 6) is 0.245. The van der Waals surface area contributed by atoms with Crippen LogP contribution in [0.5, 0.6) is 0 Å². The van der Waals surface area contributed by atoms with Gasteiger partial charge in [-0.25, -0.2) is 4.79 Å². The molecule has 2 N–H and O–H groups in total. The average Bonchev–Trinajstić information content (AvgIpc) is 2.68. The number of aliphatic hydroxyl groups excluding tert-OH is 1. The van der Waals surface area contributed by atoms with E-state index in [9.17, 15) is 9.90 Å². The van der Waals surface area contributed by atoms with Crippen molar-refractivity contribution in [2.45, 2.75) is 38.1 Å². The molecule has 0 unspecified atom stereocenters. The van der Waals surface area contributed by atoms with Gasteiger partial charge in [-0.3, -0.25) is 4.98 Å². The molecular formula is C19H30N4O2. The first-order valence-electron chi connectivity index (χ1n) is 9.52. The van der Waals surface area contributed by atoms with Crippen LogP contribution in [-0.2, 0) is 6.42 Å². The van der Waals surface area contributed by atoms with E-state index in [0.29, 0.717) is 6.54 Å². The Balaban J connectivity index is 1.36. The molecule has 6 nitrogen and oxygen atoms in total. The zero-order valence-corrected chi connectivity index (χ0v) is 14.9. The van der Waals surface area contributed by atoms with E-state index in [1.165, 1.54) is 5.56 Å². The number of pyridine rings is 1. The Kier molecular flexibility index (Phi) is 6.64. The summed E-state index contributed by atoms with van der Waals surface area (Å²) in [4.78, 5) is 20.8. The van der Waals surface area contributed by atoms with E-state index >= 15 is 0 Å². The van der Waals surface area contributed by atoms with Crippen molar-refractivity contribution in [3.63, 3.8) is 0 Å². The van der Waals surface area contributed by atoms with Crippen molar-refractivity contribution in [1.82, 2.24) is 20.1 Å². The normalized spacial score (nSPS) is 22.8. The van der Waals surface area contributed by atoms with Crippen LogP contribution in [0.3, 0.4) is 0 Å². The van der Waals surface area contributed by atoms with E-state index in [1.807, 2.05) is 17.3 Å². The zero-order chi connectivity index (χ0) is 17.5. The third-order valence-electron chi connectivity index (χ3n) is 5.45. The maximum atomic E-state index is 12.4. The predicted octanol–water partition coefficient (Wildman–Crippen LogP) is 1.50. The average molecular weight is 346 g/mol. The lowest BCUT2D eigenvalue weighted by Gasteiger charge is -2.36. The van der Waals surface area contributed by atoms with E-state index in [-0.39, 0.29) is 24.6 Å². The SMILES string of the molecule is O=C(NC1CCN(CCc2ccncc2)CC1)N1CCC[C@@H](CO)C1. The highest BCUT2D eigenvalue weighted by Crippen LogP contribution is 2.17. The Morgan fingerprint density at radius 1 is 1.20 bits per heavy atom. The van der Waals surface area contributed by atoms with Crippen LogP contribution < -0.4 is 5.32 Å². The van der Waals surface area contributed by atoms with Crippen LogP contribution >= 0.6 is 0 Å². The van der Waals surface area contributed by atoms with Crippen LogP contribution in [0.15, 0.2) is 24.5 Å².